The van der Waals surface area contributed by atoms with E-state index in [1.54, 1.807) is 13.0 Å². The van der Waals surface area contributed by atoms with Crippen molar-refractivity contribution in [3.63, 3.8) is 0 Å². The van der Waals surface area contributed by atoms with Gasteiger partial charge in [0.25, 0.3) is 0 Å². The van der Waals surface area contributed by atoms with Crippen LogP contribution in [0, 0.1) is 11.3 Å². The Morgan fingerprint density at radius 1 is 1.57 bits per heavy atom. The van der Waals surface area contributed by atoms with E-state index in [1.807, 2.05) is 0 Å². The zero-order valence-electron chi connectivity index (χ0n) is 8.15. The Morgan fingerprint density at radius 3 is 2.50 bits per heavy atom. The number of nitrogens with one attached hydrogen (secondary N) is 1. The molecular weight excluding hydrogens is 206 g/mol. The SMILES string of the molecule is CCN(CC(=O)NC)S(=O)(=O)CC#N. The van der Waals surface area contributed by atoms with Crippen LogP contribution in [-0.2, 0) is 14.8 Å². The van der Waals surface area contributed by atoms with Crippen molar-refractivity contribution in [3.8, 4) is 6.07 Å². The van der Waals surface area contributed by atoms with Crippen LogP contribution in [-0.4, -0.2) is 44.5 Å². The Kier molecular flexibility index (Phi) is 5.12. The van der Waals surface area contributed by atoms with Crippen LogP contribution in [0.3, 0.4) is 0 Å². The van der Waals surface area contributed by atoms with Crippen molar-refractivity contribution in [3.05, 3.63) is 0 Å². The van der Waals surface area contributed by atoms with Crippen molar-refractivity contribution < 1.29 is 13.2 Å². The highest BCUT2D eigenvalue weighted by molar-refractivity contribution is 7.89. The summed E-state index contributed by atoms with van der Waals surface area (Å²) in [5, 5.41) is 10.6. The number of carbonyl (C=O) groups excluding carboxylic acids is 1. The standard InChI is InChI=1S/C7H13N3O3S/c1-3-10(6-7(11)9-2)14(12,13)5-4-8/h3,5-6H2,1-2H3,(H,9,11). The number of hydrogen-bond donors (Lipinski definition) is 1. The summed E-state index contributed by atoms with van der Waals surface area (Å²) in [6, 6.07) is 1.55. The third-order valence-corrected chi connectivity index (χ3v) is 3.26. The molecule has 0 spiro atoms. The second-order valence-electron chi connectivity index (χ2n) is 2.51. The molecule has 7 heteroatoms. The molecule has 0 fully saturated rings. The van der Waals surface area contributed by atoms with E-state index in [0.717, 1.165) is 4.31 Å². The van der Waals surface area contributed by atoms with Crippen molar-refractivity contribution in [2.24, 2.45) is 0 Å². The minimum atomic E-state index is -3.62. The Balaban J connectivity index is 4.58. The summed E-state index contributed by atoms with van der Waals surface area (Å²) < 4.78 is 23.6. The van der Waals surface area contributed by atoms with Gasteiger partial charge in [-0.05, 0) is 0 Å². The Bertz CT molecular complexity index is 331. The number of hydrogen-bond acceptors (Lipinski definition) is 4. The van der Waals surface area contributed by atoms with Gasteiger partial charge in [0.2, 0.25) is 15.9 Å². The molecule has 0 rings (SSSR count). The average molecular weight is 219 g/mol. The summed E-state index contributed by atoms with van der Waals surface area (Å²) in [5.74, 6) is -0.994. The van der Waals surface area contributed by atoms with Crippen molar-refractivity contribution >= 4 is 15.9 Å². The average Bonchev–Trinajstić information content (AvgIpc) is 2.13. The van der Waals surface area contributed by atoms with Crippen molar-refractivity contribution in [1.29, 1.82) is 5.26 Å². The fraction of sp³-hybridized carbons (Fsp3) is 0.714. The first-order chi connectivity index (χ1) is 6.47. The molecule has 14 heavy (non-hydrogen) atoms. The second-order valence-corrected chi connectivity index (χ2v) is 4.48. The lowest BCUT2D eigenvalue weighted by Crippen LogP contribution is -2.40. The highest BCUT2D eigenvalue weighted by Gasteiger charge is 2.21. The summed E-state index contributed by atoms with van der Waals surface area (Å²) in [5.41, 5.74) is 0. The van der Waals surface area contributed by atoms with Gasteiger partial charge in [-0.2, -0.15) is 9.57 Å². The summed E-state index contributed by atoms with van der Waals surface area (Å²) in [7, 11) is -2.19. The summed E-state index contributed by atoms with van der Waals surface area (Å²) in [6.07, 6.45) is 0. The Morgan fingerprint density at radius 2 is 2.14 bits per heavy atom. The molecule has 0 saturated carbocycles. The minimum absolute atomic E-state index is 0.178. The van der Waals surface area contributed by atoms with Gasteiger partial charge in [0, 0.05) is 13.6 Å². The van der Waals surface area contributed by atoms with Gasteiger partial charge in [0.05, 0.1) is 12.6 Å². The predicted molar refractivity (Wildman–Crippen MR) is 50.7 cm³/mol. The molecule has 0 aromatic heterocycles. The van der Waals surface area contributed by atoms with Crippen LogP contribution >= 0.6 is 0 Å². The van der Waals surface area contributed by atoms with E-state index in [1.165, 1.54) is 7.05 Å². The third-order valence-electron chi connectivity index (χ3n) is 1.59. The van der Waals surface area contributed by atoms with Gasteiger partial charge in [0.15, 0.2) is 5.75 Å². The number of rotatable bonds is 5. The lowest BCUT2D eigenvalue weighted by Gasteiger charge is -2.17. The van der Waals surface area contributed by atoms with E-state index in [9.17, 15) is 13.2 Å². The maximum atomic E-state index is 11.3. The summed E-state index contributed by atoms with van der Waals surface area (Å²) in [6.45, 7) is 1.55. The number of nitrogens with zero attached hydrogens (tertiary/aromatic N) is 2. The van der Waals surface area contributed by atoms with E-state index in [2.05, 4.69) is 5.32 Å². The van der Waals surface area contributed by atoms with Crippen molar-refractivity contribution in [1.82, 2.24) is 9.62 Å². The molecule has 0 saturated heterocycles. The molecule has 0 bridgehead atoms. The topological polar surface area (TPSA) is 90.3 Å². The van der Waals surface area contributed by atoms with Gasteiger partial charge in [-0.15, -0.1) is 0 Å². The molecule has 80 valence electrons. The molecule has 0 aliphatic carbocycles. The molecular formula is C7H13N3O3S. The van der Waals surface area contributed by atoms with E-state index >= 15 is 0 Å². The van der Waals surface area contributed by atoms with E-state index in [-0.39, 0.29) is 13.1 Å². The fourth-order valence-corrected chi connectivity index (χ4v) is 1.87. The predicted octanol–water partition coefficient (Wildman–Crippen LogP) is -1.09. The number of likely N-dealkylation sites (N-methyl/N-ethyl adjacent to an activating group) is 2. The molecule has 1 amide bonds. The van der Waals surface area contributed by atoms with Gasteiger partial charge in [0.1, 0.15) is 0 Å². The van der Waals surface area contributed by atoms with E-state index in [0.29, 0.717) is 0 Å². The third kappa shape index (κ3) is 3.72. The maximum absolute atomic E-state index is 11.3. The van der Waals surface area contributed by atoms with Crippen LogP contribution in [0.4, 0.5) is 0 Å². The molecule has 0 unspecified atom stereocenters. The van der Waals surface area contributed by atoms with Gasteiger partial charge in [-0.1, -0.05) is 6.92 Å². The largest absolute Gasteiger partial charge is 0.358 e. The van der Waals surface area contributed by atoms with Crippen molar-refractivity contribution in [2.45, 2.75) is 6.92 Å². The van der Waals surface area contributed by atoms with Crippen LogP contribution in [0.2, 0.25) is 0 Å². The normalized spacial score (nSPS) is 11.0. The lowest BCUT2D eigenvalue weighted by molar-refractivity contribution is -0.120. The number of sulfonamides is 1. The van der Waals surface area contributed by atoms with Gasteiger partial charge in [-0.3, -0.25) is 4.79 Å². The van der Waals surface area contributed by atoms with Gasteiger partial charge in [-0.25, -0.2) is 8.42 Å². The minimum Gasteiger partial charge on any atom is -0.358 e. The van der Waals surface area contributed by atoms with Crippen LogP contribution in [0.1, 0.15) is 6.92 Å². The Hall–Kier alpha value is -1.13. The first-order valence-corrected chi connectivity index (χ1v) is 5.64. The number of amides is 1. The van der Waals surface area contributed by atoms with E-state index < -0.39 is 21.7 Å². The summed E-state index contributed by atoms with van der Waals surface area (Å²) >= 11 is 0. The van der Waals surface area contributed by atoms with Gasteiger partial charge < -0.3 is 5.32 Å². The van der Waals surface area contributed by atoms with Crippen LogP contribution in [0.5, 0.6) is 0 Å². The molecule has 0 aliphatic heterocycles. The van der Waals surface area contributed by atoms with Crippen LogP contribution in [0.25, 0.3) is 0 Å². The molecule has 1 N–H and O–H groups in total. The highest BCUT2D eigenvalue weighted by Crippen LogP contribution is 1.99. The fourth-order valence-electron chi connectivity index (χ4n) is 0.819. The Labute approximate surface area is 83.6 Å². The molecule has 0 aliphatic rings. The first-order valence-electron chi connectivity index (χ1n) is 4.03. The second kappa shape index (κ2) is 5.57. The molecule has 0 atom stereocenters. The zero-order chi connectivity index (χ0) is 11.2. The summed E-state index contributed by atoms with van der Waals surface area (Å²) in [4.78, 5) is 10.9. The lowest BCUT2D eigenvalue weighted by atomic mass is 10.5. The first kappa shape index (κ1) is 12.9. The molecule has 0 aromatic rings. The van der Waals surface area contributed by atoms with Gasteiger partial charge >= 0.3 is 0 Å². The molecule has 0 heterocycles. The maximum Gasteiger partial charge on any atom is 0.235 e. The van der Waals surface area contributed by atoms with Crippen LogP contribution in [0.15, 0.2) is 0 Å². The monoisotopic (exact) mass is 219 g/mol. The zero-order valence-corrected chi connectivity index (χ0v) is 8.97. The smallest absolute Gasteiger partial charge is 0.235 e. The van der Waals surface area contributed by atoms with Crippen molar-refractivity contribution in [2.75, 3.05) is 25.9 Å². The van der Waals surface area contributed by atoms with E-state index in [4.69, 9.17) is 5.26 Å². The quantitative estimate of drug-likeness (QED) is 0.636. The molecule has 0 aromatic carbocycles. The molecule has 6 nitrogen and oxygen atoms in total. The number of carbonyl (C=O) groups is 1. The highest BCUT2D eigenvalue weighted by atomic mass is 32.2. The number of nitriles is 1. The molecule has 0 radical (unpaired) electrons. The van der Waals surface area contributed by atoms with Crippen LogP contribution < -0.4 is 5.32 Å².